The summed E-state index contributed by atoms with van der Waals surface area (Å²) in [6, 6.07) is 10.5. The minimum Gasteiger partial charge on any atom is -0.376 e. The minimum atomic E-state index is 0.294. The highest BCUT2D eigenvalue weighted by Crippen LogP contribution is 2.32. The zero-order chi connectivity index (χ0) is 13.2. The highest BCUT2D eigenvalue weighted by atomic mass is 35.5. The van der Waals surface area contributed by atoms with Crippen LogP contribution in [-0.2, 0) is 6.42 Å². The Bertz CT molecular complexity index is 595. The number of aryl methyl sites for hydroxylation is 2. The van der Waals surface area contributed by atoms with Gasteiger partial charge in [-0.3, -0.25) is 4.98 Å². The van der Waals surface area contributed by atoms with E-state index in [1.165, 1.54) is 23.2 Å². The Kier molecular flexibility index (Phi) is 3.43. The maximum absolute atomic E-state index is 6.08. The zero-order valence-electron chi connectivity index (χ0n) is 11.0. The van der Waals surface area contributed by atoms with E-state index in [0.717, 1.165) is 23.6 Å². The molecule has 0 bridgehead atoms. The van der Waals surface area contributed by atoms with Crippen LogP contribution in [0.5, 0.6) is 0 Å². The molecular formula is C16H17ClN2. The van der Waals surface area contributed by atoms with Gasteiger partial charge in [-0.2, -0.15) is 0 Å². The molecule has 0 saturated carbocycles. The number of aromatic nitrogens is 1. The van der Waals surface area contributed by atoms with Crippen LogP contribution in [-0.4, -0.2) is 4.98 Å². The van der Waals surface area contributed by atoms with Gasteiger partial charge in [-0.05, 0) is 55.5 Å². The summed E-state index contributed by atoms with van der Waals surface area (Å²) in [5, 5.41) is 4.37. The molecule has 1 heterocycles. The Morgan fingerprint density at radius 1 is 1.32 bits per heavy atom. The van der Waals surface area contributed by atoms with Gasteiger partial charge >= 0.3 is 0 Å². The van der Waals surface area contributed by atoms with Gasteiger partial charge in [-0.1, -0.05) is 23.7 Å². The Balaban J connectivity index is 1.90. The third kappa shape index (κ3) is 2.59. The molecule has 1 N–H and O–H groups in total. The molecule has 1 aliphatic rings. The highest BCUT2D eigenvalue weighted by molar-refractivity contribution is 6.30. The fourth-order valence-corrected chi connectivity index (χ4v) is 2.86. The molecule has 2 nitrogen and oxygen atoms in total. The van der Waals surface area contributed by atoms with Crippen molar-refractivity contribution in [2.24, 2.45) is 0 Å². The molecule has 3 heteroatoms. The van der Waals surface area contributed by atoms with E-state index in [0.29, 0.717) is 6.04 Å². The number of rotatable bonds is 2. The van der Waals surface area contributed by atoms with E-state index in [-0.39, 0.29) is 0 Å². The molecule has 0 fully saturated rings. The first-order chi connectivity index (χ1) is 9.24. The Hall–Kier alpha value is -1.54. The van der Waals surface area contributed by atoms with Crippen LogP contribution < -0.4 is 5.32 Å². The van der Waals surface area contributed by atoms with Crippen LogP contribution >= 0.6 is 11.6 Å². The Morgan fingerprint density at radius 2 is 2.21 bits per heavy atom. The first-order valence-corrected chi connectivity index (χ1v) is 7.08. The molecule has 0 aliphatic heterocycles. The lowest BCUT2D eigenvalue weighted by Crippen LogP contribution is -2.19. The average Bonchev–Trinajstić information content (AvgIpc) is 2.43. The average molecular weight is 273 g/mol. The predicted octanol–water partition coefficient (Wildman–Crippen LogP) is 4.53. The molecule has 1 aromatic carbocycles. The number of hydrogen-bond donors (Lipinski definition) is 1. The van der Waals surface area contributed by atoms with Gasteiger partial charge < -0.3 is 5.32 Å². The number of nitrogens with zero attached hydrogens (tertiary/aromatic N) is 1. The van der Waals surface area contributed by atoms with Crippen LogP contribution in [0.3, 0.4) is 0 Å². The molecule has 98 valence electrons. The lowest BCUT2D eigenvalue weighted by atomic mass is 9.91. The molecule has 0 spiro atoms. The molecule has 1 aliphatic carbocycles. The summed E-state index contributed by atoms with van der Waals surface area (Å²) in [5.41, 5.74) is 4.88. The van der Waals surface area contributed by atoms with E-state index in [2.05, 4.69) is 23.3 Å². The summed E-state index contributed by atoms with van der Waals surface area (Å²) in [6.45, 7) is 2.10. The van der Waals surface area contributed by atoms with Crippen molar-refractivity contribution in [3.05, 3.63) is 58.4 Å². The molecule has 19 heavy (non-hydrogen) atoms. The topological polar surface area (TPSA) is 24.9 Å². The van der Waals surface area contributed by atoms with Crippen molar-refractivity contribution in [3.63, 3.8) is 0 Å². The van der Waals surface area contributed by atoms with Gasteiger partial charge in [0.2, 0.25) is 0 Å². The van der Waals surface area contributed by atoms with Crippen molar-refractivity contribution in [3.8, 4) is 0 Å². The first kappa shape index (κ1) is 12.5. The fraction of sp³-hybridized carbons (Fsp3) is 0.312. The number of hydrogen-bond acceptors (Lipinski definition) is 2. The van der Waals surface area contributed by atoms with Gasteiger partial charge in [-0.25, -0.2) is 0 Å². The quantitative estimate of drug-likeness (QED) is 0.869. The summed E-state index contributed by atoms with van der Waals surface area (Å²) in [6.07, 6.45) is 5.34. The van der Waals surface area contributed by atoms with Gasteiger partial charge in [0.05, 0.1) is 11.7 Å². The normalized spacial score (nSPS) is 17.9. The van der Waals surface area contributed by atoms with Gasteiger partial charge in [-0.15, -0.1) is 0 Å². The van der Waals surface area contributed by atoms with E-state index < -0.39 is 0 Å². The van der Waals surface area contributed by atoms with Gasteiger partial charge in [0.1, 0.15) is 0 Å². The third-order valence-electron chi connectivity index (χ3n) is 3.72. The maximum atomic E-state index is 6.08. The maximum Gasteiger partial charge on any atom is 0.0688 e. The number of benzene rings is 1. The van der Waals surface area contributed by atoms with Gasteiger partial charge in [0, 0.05) is 16.9 Å². The number of halogens is 1. The second-order valence-corrected chi connectivity index (χ2v) is 5.53. The number of fused-ring (bicyclic) bond motifs is 1. The highest BCUT2D eigenvalue weighted by Gasteiger charge is 2.21. The van der Waals surface area contributed by atoms with E-state index >= 15 is 0 Å². The predicted molar refractivity (Wildman–Crippen MR) is 79.7 cm³/mol. The van der Waals surface area contributed by atoms with Crippen LogP contribution in [0.1, 0.15) is 35.7 Å². The van der Waals surface area contributed by atoms with Crippen molar-refractivity contribution in [2.75, 3.05) is 5.32 Å². The van der Waals surface area contributed by atoms with E-state index in [9.17, 15) is 0 Å². The summed E-state index contributed by atoms with van der Waals surface area (Å²) < 4.78 is 0. The van der Waals surface area contributed by atoms with E-state index in [1.807, 2.05) is 30.5 Å². The monoisotopic (exact) mass is 272 g/mol. The molecule has 1 aromatic heterocycles. The van der Waals surface area contributed by atoms with Crippen molar-refractivity contribution < 1.29 is 0 Å². The van der Waals surface area contributed by atoms with Crippen LogP contribution in [0.4, 0.5) is 5.69 Å². The molecule has 3 rings (SSSR count). The third-order valence-corrected chi connectivity index (χ3v) is 3.96. The van der Waals surface area contributed by atoms with Gasteiger partial charge in [0.25, 0.3) is 0 Å². The van der Waals surface area contributed by atoms with Crippen LogP contribution in [0, 0.1) is 6.92 Å². The summed E-state index contributed by atoms with van der Waals surface area (Å²) in [5.74, 6) is 0. The number of pyridine rings is 1. The van der Waals surface area contributed by atoms with E-state index in [4.69, 9.17) is 11.6 Å². The second kappa shape index (κ2) is 5.22. The summed E-state index contributed by atoms with van der Waals surface area (Å²) in [7, 11) is 0. The molecule has 2 aromatic rings. The first-order valence-electron chi connectivity index (χ1n) is 6.70. The van der Waals surface area contributed by atoms with Crippen molar-refractivity contribution in [2.45, 2.75) is 32.2 Å². The lowest BCUT2D eigenvalue weighted by Gasteiger charge is -2.26. The van der Waals surface area contributed by atoms with Crippen LogP contribution in [0.25, 0.3) is 0 Å². The fourth-order valence-electron chi connectivity index (χ4n) is 2.69. The second-order valence-electron chi connectivity index (χ2n) is 5.10. The van der Waals surface area contributed by atoms with Crippen molar-refractivity contribution >= 4 is 17.3 Å². The van der Waals surface area contributed by atoms with Crippen LogP contribution in [0.15, 0.2) is 36.5 Å². The molecular weight excluding hydrogens is 256 g/mol. The summed E-state index contributed by atoms with van der Waals surface area (Å²) in [4.78, 5) is 4.55. The molecule has 1 atom stereocenters. The Morgan fingerprint density at radius 3 is 3.11 bits per heavy atom. The van der Waals surface area contributed by atoms with Crippen molar-refractivity contribution in [1.82, 2.24) is 4.98 Å². The smallest absolute Gasteiger partial charge is 0.0688 e. The standard InChI is InChI=1S/C16H17ClN2/c1-11-7-8-13(17)10-15(11)19-14-6-2-4-12-5-3-9-18-16(12)14/h3,5,7-10,14,19H,2,4,6H2,1H3. The molecule has 0 saturated heterocycles. The number of nitrogens with one attached hydrogen (secondary N) is 1. The molecule has 1 unspecified atom stereocenters. The SMILES string of the molecule is Cc1ccc(Cl)cc1NC1CCCc2cccnc21. The van der Waals surface area contributed by atoms with Crippen molar-refractivity contribution in [1.29, 1.82) is 0 Å². The number of anilines is 1. The van der Waals surface area contributed by atoms with Gasteiger partial charge in [0.15, 0.2) is 0 Å². The molecule has 0 radical (unpaired) electrons. The molecule has 0 amide bonds. The lowest BCUT2D eigenvalue weighted by molar-refractivity contribution is 0.583. The minimum absolute atomic E-state index is 0.294. The largest absolute Gasteiger partial charge is 0.376 e. The Labute approximate surface area is 118 Å². The summed E-state index contributed by atoms with van der Waals surface area (Å²) >= 11 is 6.08. The van der Waals surface area contributed by atoms with E-state index in [1.54, 1.807) is 0 Å². The zero-order valence-corrected chi connectivity index (χ0v) is 11.7. The van der Waals surface area contributed by atoms with Crippen LogP contribution in [0.2, 0.25) is 5.02 Å².